The highest BCUT2D eigenvalue weighted by Gasteiger charge is 2.21. The third-order valence-electron chi connectivity index (χ3n) is 6.33. The molecule has 2 N–H and O–H groups in total. The first-order chi connectivity index (χ1) is 17.4. The maximum absolute atomic E-state index is 13.1. The highest BCUT2D eigenvalue weighted by atomic mass is 16.4. The third kappa shape index (κ3) is 4.05. The molecule has 7 heteroatoms. The minimum Gasteiger partial charge on any atom is -0.478 e. The topological polar surface area (TPSA) is 108 Å². The van der Waals surface area contributed by atoms with Gasteiger partial charge in [0.15, 0.2) is 0 Å². The fourth-order valence-electron chi connectivity index (χ4n) is 4.50. The maximum Gasteiger partial charge on any atom is 0.347 e. The Morgan fingerprint density at radius 2 is 1.58 bits per heavy atom. The van der Waals surface area contributed by atoms with Crippen LogP contribution in [0.5, 0.6) is 0 Å². The molecule has 7 nitrogen and oxygen atoms in total. The van der Waals surface area contributed by atoms with Crippen molar-refractivity contribution in [2.75, 3.05) is 18.0 Å². The highest BCUT2D eigenvalue weighted by molar-refractivity contribution is 5.99. The molecule has 2 heterocycles. The summed E-state index contributed by atoms with van der Waals surface area (Å²) in [5, 5.41) is 18.8. The number of hydrogen-bond acceptors (Lipinski definition) is 6. The maximum atomic E-state index is 13.1. The second-order valence-corrected chi connectivity index (χ2v) is 8.43. The van der Waals surface area contributed by atoms with E-state index >= 15 is 0 Å². The van der Waals surface area contributed by atoms with Gasteiger partial charge in [-0.15, -0.1) is 0 Å². The first kappa shape index (κ1) is 23.1. The van der Waals surface area contributed by atoms with Gasteiger partial charge in [0.2, 0.25) is 0 Å². The number of fused-ring (bicyclic) bond motifs is 2. The molecule has 1 aliphatic heterocycles. The number of rotatable bonds is 6. The molecule has 0 saturated carbocycles. The van der Waals surface area contributed by atoms with Crippen LogP contribution in [0.4, 0.5) is 5.69 Å². The van der Waals surface area contributed by atoms with Crippen molar-refractivity contribution in [3.63, 3.8) is 0 Å². The van der Waals surface area contributed by atoms with Gasteiger partial charge in [0.05, 0.1) is 10.9 Å². The van der Waals surface area contributed by atoms with E-state index in [1.807, 2.05) is 18.2 Å². The van der Waals surface area contributed by atoms with E-state index in [0.29, 0.717) is 28.0 Å². The van der Waals surface area contributed by atoms with Crippen molar-refractivity contribution in [2.24, 2.45) is 0 Å². The standard InChI is InChI=1S/C29H24N2O5/c1-3-31(4-2)19-11-9-17-13-24(29(34)36-25(17)15-19)27-16-23(20-7-5-6-8-22(20)28(32)33)21-12-10-18(30)14-26(21)35-27/h5-16,30H,3-4H2,1-2H3,(H,32,33). The van der Waals surface area contributed by atoms with Crippen LogP contribution in [-0.4, -0.2) is 24.2 Å². The molecule has 0 radical (unpaired) electrons. The van der Waals surface area contributed by atoms with Crippen LogP contribution < -0.4 is 15.9 Å². The number of hydrogen-bond donors (Lipinski definition) is 2. The number of benzene rings is 3. The molecule has 3 aromatic rings. The number of carbonyl (C=O) groups is 1. The van der Waals surface area contributed by atoms with Gasteiger partial charge in [-0.1, -0.05) is 18.2 Å². The van der Waals surface area contributed by atoms with E-state index in [2.05, 4.69) is 18.7 Å². The van der Waals surface area contributed by atoms with Crippen LogP contribution in [0.15, 0.2) is 86.4 Å². The third-order valence-corrected chi connectivity index (χ3v) is 6.33. The van der Waals surface area contributed by atoms with Crippen LogP contribution >= 0.6 is 0 Å². The second-order valence-electron chi connectivity index (χ2n) is 8.43. The Balaban J connectivity index is 1.75. The number of carboxylic acids is 1. The van der Waals surface area contributed by atoms with E-state index in [1.54, 1.807) is 48.5 Å². The summed E-state index contributed by atoms with van der Waals surface area (Å²) >= 11 is 0. The van der Waals surface area contributed by atoms with Crippen molar-refractivity contribution < 1.29 is 18.7 Å². The van der Waals surface area contributed by atoms with E-state index in [0.717, 1.165) is 24.2 Å². The van der Waals surface area contributed by atoms with Crippen molar-refractivity contribution in [1.82, 2.24) is 0 Å². The lowest BCUT2D eigenvalue weighted by Crippen LogP contribution is -2.21. The van der Waals surface area contributed by atoms with Gasteiger partial charge in [0.25, 0.3) is 0 Å². The predicted octanol–water partition coefficient (Wildman–Crippen LogP) is 5.85. The summed E-state index contributed by atoms with van der Waals surface area (Å²) in [6, 6.07) is 20.7. The summed E-state index contributed by atoms with van der Waals surface area (Å²) < 4.78 is 11.8. The molecule has 2 aliphatic rings. The number of aromatic carboxylic acids is 1. The zero-order valence-corrected chi connectivity index (χ0v) is 19.9. The van der Waals surface area contributed by atoms with E-state index in [1.165, 1.54) is 6.07 Å². The zero-order chi connectivity index (χ0) is 25.4. The minimum atomic E-state index is -1.06. The number of anilines is 1. The fourth-order valence-corrected chi connectivity index (χ4v) is 4.50. The molecular weight excluding hydrogens is 456 g/mol. The van der Waals surface area contributed by atoms with Crippen molar-refractivity contribution in [2.45, 2.75) is 13.8 Å². The Morgan fingerprint density at radius 3 is 2.33 bits per heavy atom. The molecule has 0 saturated heterocycles. The van der Waals surface area contributed by atoms with Gasteiger partial charge in [0.1, 0.15) is 22.7 Å². The molecule has 1 aromatic heterocycles. The second kappa shape index (κ2) is 9.19. The Hall–Kier alpha value is -4.65. The molecular formula is C29H24N2O5. The van der Waals surface area contributed by atoms with Crippen LogP contribution in [0.1, 0.15) is 24.2 Å². The quantitative estimate of drug-likeness (QED) is 0.295. The molecule has 0 amide bonds. The molecule has 0 spiro atoms. The van der Waals surface area contributed by atoms with Crippen LogP contribution in [0.25, 0.3) is 44.7 Å². The molecule has 2 aromatic carbocycles. The first-order valence-corrected chi connectivity index (χ1v) is 11.7. The molecule has 36 heavy (non-hydrogen) atoms. The lowest BCUT2D eigenvalue weighted by molar-refractivity contribution is 0.0697. The van der Waals surface area contributed by atoms with Crippen molar-refractivity contribution >= 4 is 22.6 Å². The Labute approximate surface area is 206 Å². The van der Waals surface area contributed by atoms with Crippen molar-refractivity contribution in [3.8, 4) is 33.8 Å². The molecule has 0 unspecified atom stereocenters. The lowest BCUT2D eigenvalue weighted by Gasteiger charge is -2.21. The number of carboxylic acid groups (broad SMARTS) is 1. The minimum absolute atomic E-state index is 0.125. The Bertz CT molecular complexity index is 1690. The first-order valence-electron chi connectivity index (χ1n) is 11.7. The summed E-state index contributed by atoms with van der Waals surface area (Å²) in [5.41, 5.74) is 2.91. The van der Waals surface area contributed by atoms with Crippen LogP contribution in [0.3, 0.4) is 0 Å². The van der Waals surface area contributed by atoms with E-state index in [-0.39, 0.29) is 22.2 Å². The SMILES string of the molecule is CCN(CC)c1ccc2cc(-c3cc(-c4ccccc4C(=O)O)c4ccc(=N)cc-4o3)c(=O)oc2c1. The van der Waals surface area contributed by atoms with Gasteiger partial charge in [-0.2, -0.15) is 0 Å². The monoisotopic (exact) mass is 480 g/mol. The smallest absolute Gasteiger partial charge is 0.347 e. The van der Waals surface area contributed by atoms with Gasteiger partial charge in [-0.25, -0.2) is 9.59 Å². The van der Waals surface area contributed by atoms with Crippen molar-refractivity contribution in [1.29, 1.82) is 5.41 Å². The Morgan fingerprint density at radius 1 is 0.833 bits per heavy atom. The van der Waals surface area contributed by atoms with Gasteiger partial charge < -0.3 is 24.3 Å². The summed E-state index contributed by atoms with van der Waals surface area (Å²) in [4.78, 5) is 27.2. The molecule has 0 bridgehead atoms. The van der Waals surface area contributed by atoms with Crippen LogP contribution in [0, 0.1) is 5.41 Å². The van der Waals surface area contributed by atoms with Gasteiger partial charge in [-0.05, 0) is 67.4 Å². The zero-order valence-electron chi connectivity index (χ0n) is 19.9. The van der Waals surface area contributed by atoms with Crippen LogP contribution in [0.2, 0.25) is 0 Å². The largest absolute Gasteiger partial charge is 0.478 e. The van der Waals surface area contributed by atoms with Crippen molar-refractivity contribution in [3.05, 3.63) is 94.1 Å². The normalized spacial score (nSPS) is 11.2. The van der Waals surface area contributed by atoms with E-state index < -0.39 is 11.6 Å². The van der Waals surface area contributed by atoms with Gasteiger partial charge in [0, 0.05) is 41.9 Å². The predicted molar refractivity (Wildman–Crippen MR) is 139 cm³/mol. The number of nitrogens with one attached hydrogen (secondary N) is 1. The lowest BCUT2D eigenvalue weighted by atomic mass is 9.93. The molecule has 5 rings (SSSR count). The highest BCUT2D eigenvalue weighted by Crippen LogP contribution is 2.39. The molecule has 0 atom stereocenters. The summed E-state index contributed by atoms with van der Waals surface area (Å²) in [7, 11) is 0. The fraction of sp³-hybridized carbons (Fsp3) is 0.138. The van der Waals surface area contributed by atoms with Gasteiger partial charge >= 0.3 is 11.6 Å². The Kier molecular flexibility index (Phi) is 5.90. The van der Waals surface area contributed by atoms with E-state index in [4.69, 9.17) is 14.2 Å². The summed E-state index contributed by atoms with van der Waals surface area (Å²) in [5.74, 6) is -0.467. The van der Waals surface area contributed by atoms with Crippen LogP contribution in [-0.2, 0) is 0 Å². The average molecular weight is 481 g/mol. The van der Waals surface area contributed by atoms with E-state index in [9.17, 15) is 14.7 Å². The summed E-state index contributed by atoms with van der Waals surface area (Å²) in [6.07, 6.45) is 0. The molecule has 1 aliphatic carbocycles. The average Bonchev–Trinajstić information content (AvgIpc) is 2.88. The van der Waals surface area contributed by atoms with Gasteiger partial charge in [-0.3, -0.25) is 0 Å². The molecule has 0 fully saturated rings. The molecule has 180 valence electrons. The number of nitrogens with zero attached hydrogens (tertiary/aromatic N) is 1. The summed E-state index contributed by atoms with van der Waals surface area (Å²) in [6.45, 7) is 5.80.